The molecule has 0 aliphatic carbocycles. The van der Waals surface area contributed by atoms with Gasteiger partial charge in [-0.3, -0.25) is 4.79 Å². The van der Waals surface area contributed by atoms with Crippen LogP contribution in [-0.2, 0) is 9.63 Å². The molecule has 0 spiro atoms. The minimum atomic E-state index is -0.838. The molecule has 0 saturated heterocycles. The fourth-order valence-electron chi connectivity index (χ4n) is 0.778. The smallest absolute Gasteiger partial charge is 0.317 e. The van der Waals surface area contributed by atoms with Crippen molar-refractivity contribution in [3.63, 3.8) is 0 Å². The van der Waals surface area contributed by atoms with E-state index in [1.807, 2.05) is 6.92 Å². The maximum absolute atomic E-state index is 10.1. The number of nitrogens with zero attached hydrogens (tertiary/aromatic N) is 1. The topological polar surface area (TPSA) is 61.8 Å². The van der Waals surface area contributed by atoms with E-state index in [-0.39, 0.29) is 6.54 Å². The van der Waals surface area contributed by atoms with Gasteiger partial charge in [-0.15, -0.1) is 0 Å². The number of carboxylic acids is 1. The quantitative estimate of drug-likeness (QED) is 0.406. The molecule has 0 fully saturated rings. The first-order chi connectivity index (χ1) is 5.70. The average molecular weight is 176 g/mol. The van der Waals surface area contributed by atoms with Gasteiger partial charge in [0.2, 0.25) is 0 Å². The van der Waals surface area contributed by atoms with E-state index in [1.54, 1.807) is 12.2 Å². The van der Waals surface area contributed by atoms with Crippen LogP contribution in [0.4, 0.5) is 0 Å². The molecule has 0 aromatic carbocycles. The van der Waals surface area contributed by atoms with Gasteiger partial charge < -0.3 is 15.3 Å². The second kappa shape index (κ2) is 7.02. The zero-order chi connectivity index (χ0) is 9.40. The van der Waals surface area contributed by atoms with Gasteiger partial charge in [-0.25, -0.2) is 0 Å². The Balaban J connectivity index is 3.23. The van der Waals surface area contributed by atoms with Gasteiger partial charge in [0.1, 0.15) is 0 Å². The summed E-state index contributed by atoms with van der Waals surface area (Å²) in [6, 6.07) is 0. The molecule has 2 N–H and O–H groups in total. The van der Waals surface area contributed by atoms with Gasteiger partial charge in [-0.05, 0) is 0 Å². The first-order valence-corrected chi connectivity index (χ1v) is 3.92. The van der Waals surface area contributed by atoms with Gasteiger partial charge in [0.05, 0.1) is 13.7 Å². The molecule has 72 valence electrons. The lowest BCUT2D eigenvalue weighted by atomic mass is 10.5. The summed E-state index contributed by atoms with van der Waals surface area (Å²) in [5, 5.41) is 12.8. The van der Waals surface area contributed by atoms with Crippen LogP contribution in [0.25, 0.3) is 0 Å². The fourth-order valence-corrected chi connectivity index (χ4v) is 0.778. The summed E-state index contributed by atoms with van der Waals surface area (Å²) in [5.74, 6) is -0.838. The van der Waals surface area contributed by atoms with Crippen molar-refractivity contribution in [2.24, 2.45) is 0 Å². The van der Waals surface area contributed by atoms with Crippen molar-refractivity contribution in [3.8, 4) is 0 Å². The second-order valence-corrected chi connectivity index (χ2v) is 2.27. The largest absolute Gasteiger partial charge is 0.480 e. The zero-order valence-corrected chi connectivity index (χ0v) is 7.54. The molecule has 0 aliphatic heterocycles. The van der Waals surface area contributed by atoms with E-state index in [0.717, 1.165) is 6.54 Å². The Bertz CT molecular complexity index is 126. The highest BCUT2D eigenvalue weighted by molar-refractivity contribution is 5.68. The van der Waals surface area contributed by atoms with Crippen LogP contribution in [0.2, 0.25) is 0 Å². The van der Waals surface area contributed by atoms with Crippen molar-refractivity contribution in [2.75, 3.05) is 33.3 Å². The van der Waals surface area contributed by atoms with Crippen LogP contribution in [0.5, 0.6) is 0 Å². The van der Waals surface area contributed by atoms with E-state index in [0.29, 0.717) is 13.1 Å². The number of carbonyl (C=O) groups is 1. The summed E-state index contributed by atoms with van der Waals surface area (Å²) >= 11 is 0. The van der Waals surface area contributed by atoms with Gasteiger partial charge >= 0.3 is 5.97 Å². The molecule has 5 heteroatoms. The predicted molar refractivity (Wildman–Crippen MR) is 44.8 cm³/mol. The monoisotopic (exact) mass is 176 g/mol. The Morgan fingerprint density at radius 2 is 2.33 bits per heavy atom. The van der Waals surface area contributed by atoms with Crippen LogP contribution in [0.15, 0.2) is 0 Å². The van der Waals surface area contributed by atoms with Gasteiger partial charge in [-0.1, -0.05) is 6.92 Å². The summed E-state index contributed by atoms with van der Waals surface area (Å²) in [7, 11) is 1.60. The highest BCUT2D eigenvalue weighted by atomic mass is 16.7. The summed E-state index contributed by atoms with van der Waals surface area (Å²) in [6.07, 6.45) is 0. The summed E-state index contributed by atoms with van der Waals surface area (Å²) < 4.78 is 0. The molecule has 0 rings (SSSR count). The van der Waals surface area contributed by atoms with Gasteiger partial charge in [-0.2, -0.15) is 5.06 Å². The summed E-state index contributed by atoms with van der Waals surface area (Å²) in [5.41, 5.74) is 0. The third-order valence-electron chi connectivity index (χ3n) is 1.43. The van der Waals surface area contributed by atoms with E-state index < -0.39 is 5.97 Å². The lowest BCUT2D eigenvalue weighted by Gasteiger charge is -2.16. The van der Waals surface area contributed by atoms with Crippen molar-refractivity contribution in [1.82, 2.24) is 10.4 Å². The molecule has 0 bridgehead atoms. The number of hydrogen-bond donors (Lipinski definition) is 2. The Labute approximate surface area is 72.3 Å². The molecule has 12 heavy (non-hydrogen) atoms. The highest BCUT2D eigenvalue weighted by Gasteiger charge is 1.99. The molecule has 0 heterocycles. The molecule has 0 aromatic rings. The van der Waals surface area contributed by atoms with Crippen molar-refractivity contribution < 1.29 is 14.7 Å². The standard InChI is InChI=1S/C7H16N2O3/c1-3-9(12-2)5-4-8-6-7(10)11/h8H,3-6H2,1-2H3,(H,10,11). The number of aliphatic carboxylic acids is 1. The molecule has 0 atom stereocenters. The fraction of sp³-hybridized carbons (Fsp3) is 0.857. The number of likely N-dealkylation sites (N-methyl/N-ethyl adjacent to an activating group) is 1. The van der Waals surface area contributed by atoms with E-state index >= 15 is 0 Å². The van der Waals surface area contributed by atoms with Crippen LogP contribution < -0.4 is 5.32 Å². The number of nitrogens with one attached hydrogen (secondary N) is 1. The summed E-state index contributed by atoms with van der Waals surface area (Å²) in [6.45, 7) is 4.08. The normalized spacial score (nSPS) is 10.6. The zero-order valence-electron chi connectivity index (χ0n) is 7.54. The first-order valence-electron chi connectivity index (χ1n) is 3.92. The highest BCUT2D eigenvalue weighted by Crippen LogP contribution is 1.83. The first kappa shape index (κ1) is 11.4. The average Bonchev–Trinajstić information content (AvgIpc) is 2.04. The Kier molecular flexibility index (Phi) is 6.64. The van der Waals surface area contributed by atoms with Crippen LogP contribution >= 0.6 is 0 Å². The Hall–Kier alpha value is -0.650. The SMILES string of the molecule is CCN(CCNCC(=O)O)OC. The van der Waals surface area contributed by atoms with E-state index in [1.165, 1.54) is 0 Å². The van der Waals surface area contributed by atoms with Crippen molar-refractivity contribution >= 4 is 5.97 Å². The maximum atomic E-state index is 10.1. The maximum Gasteiger partial charge on any atom is 0.317 e. The molecular formula is C7H16N2O3. The van der Waals surface area contributed by atoms with Crippen LogP contribution in [0, 0.1) is 0 Å². The van der Waals surface area contributed by atoms with Crippen LogP contribution in [0.3, 0.4) is 0 Å². The molecule has 0 aromatic heterocycles. The Morgan fingerprint density at radius 1 is 1.67 bits per heavy atom. The number of rotatable bonds is 7. The molecule has 0 amide bonds. The molecule has 0 saturated carbocycles. The second-order valence-electron chi connectivity index (χ2n) is 2.27. The lowest BCUT2D eigenvalue weighted by Crippen LogP contribution is -2.33. The minimum absolute atomic E-state index is 0.00126. The lowest BCUT2D eigenvalue weighted by molar-refractivity contribution is -0.136. The minimum Gasteiger partial charge on any atom is -0.480 e. The number of hydrogen-bond acceptors (Lipinski definition) is 4. The van der Waals surface area contributed by atoms with Crippen LogP contribution in [-0.4, -0.2) is 49.4 Å². The van der Waals surface area contributed by atoms with E-state index in [2.05, 4.69) is 5.32 Å². The van der Waals surface area contributed by atoms with Gasteiger partial charge in [0.25, 0.3) is 0 Å². The van der Waals surface area contributed by atoms with Crippen molar-refractivity contribution in [3.05, 3.63) is 0 Å². The van der Waals surface area contributed by atoms with Gasteiger partial charge in [0, 0.05) is 19.6 Å². The van der Waals surface area contributed by atoms with E-state index in [9.17, 15) is 4.79 Å². The third-order valence-corrected chi connectivity index (χ3v) is 1.43. The third kappa shape index (κ3) is 6.09. The molecule has 0 unspecified atom stereocenters. The number of carboxylic acid groups (broad SMARTS) is 1. The van der Waals surface area contributed by atoms with Crippen molar-refractivity contribution in [2.45, 2.75) is 6.92 Å². The van der Waals surface area contributed by atoms with Crippen molar-refractivity contribution in [1.29, 1.82) is 0 Å². The molecular weight excluding hydrogens is 160 g/mol. The summed E-state index contributed by atoms with van der Waals surface area (Å²) in [4.78, 5) is 15.0. The molecule has 5 nitrogen and oxygen atoms in total. The molecule has 0 radical (unpaired) electrons. The van der Waals surface area contributed by atoms with Crippen LogP contribution in [0.1, 0.15) is 6.92 Å². The van der Waals surface area contributed by atoms with E-state index in [4.69, 9.17) is 9.94 Å². The van der Waals surface area contributed by atoms with Gasteiger partial charge in [0.15, 0.2) is 0 Å². The molecule has 0 aliphatic rings. The Morgan fingerprint density at radius 3 is 2.75 bits per heavy atom. The predicted octanol–water partition coefficient (Wildman–Crippen LogP) is -0.456. The number of hydroxylamine groups is 2.